The van der Waals surface area contributed by atoms with Crippen LogP contribution in [0.3, 0.4) is 0 Å². The highest BCUT2D eigenvalue weighted by atomic mass is 16.5. The first kappa shape index (κ1) is 15.0. The average molecular weight is 285 g/mol. The highest BCUT2D eigenvalue weighted by Crippen LogP contribution is 2.25. The Hall–Kier alpha value is -2.36. The van der Waals surface area contributed by atoms with Crippen LogP contribution in [0.5, 0.6) is 5.75 Å². The van der Waals surface area contributed by atoms with Gasteiger partial charge in [-0.15, -0.1) is 0 Å². The van der Waals surface area contributed by atoms with Crippen molar-refractivity contribution in [3.63, 3.8) is 0 Å². The van der Waals surface area contributed by atoms with Crippen molar-refractivity contribution < 1.29 is 9.53 Å². The molecule has 0 aliphatic carbocycles. The second-order valence-corrected chi connectivity index (χ2v) is 5.02. The molecule has 0 saturated carbocycles. The van der Waals surface area contributed by atoms with E-state index in [9.17, 15) is 9.59 Å². The fourth-order valence-corrected chi connectivity index (χ4v) is 2.32. The molecule has 4 heteroatoms. The predicted octanol–water partition coefficient (Wildman–Crippen LogP) is 3.31. The lowest BCUT2D eigenvalue weighted by molar-refractivity contribution is 0.112. The first-order valence-corrected chi connectivity index (χ1v) is 7.02. The first-order valence-electron chi connectivity index (χ1n) is 7.02. The number of aldehydes is 1. The van der Waals surface area contributed by atoms with E-state index in [1.807, 2.05) is 45.0 Å². The number of ether oxygens (including phenoxy) is 1. The molecule has 1 aromatic heterocycles. The zero-order valence-electron chi connectivity index (χ0n) is 12.5. The quantitative estimate of drug-likeness (QED) is 0.792. The van der Waals surface area contributed by atoms with Crippen LogP contribution >= 0.6 is 0 Å². The Labute approximate surface area is 124 Å². The minimum absolute atomic E-state index is 0.0388. The van der Waals surface area contributed by atoms with Crippen molar-refractivity contribution in [2.75, 3.05) is 6.61 Å². The van der Waals surface area contributed by atoms with Crippen LogP contribution in [-0.2, 0) is 0 Å². The monoisotopic (exact) mass is 285 g/mol. The van der Waals surface area contributed by atoms with Gasteiger partial charge in [0.15, 0.2) is 6.29 Å². The summed E-state index contributed by atoms with van der Waals surface area (Å²) < 4.78 is 7.13. The molecule has 0 amide bonds. The molecule has 0 fully saturated rings. The molecule has 0 saturated heterocycles. The van der Waals surface area contributed by atoms with Crippen molar-refractivity contribution in [2.45, 2.75) is 26.8 Å². The molecule has 0 unspecified atom stereocenters. The Bertz CT molecular complexity index is 701. The highest BCUT2D eigenvalue weighted by Gasteiger charge is 2.13. The van der Waals surface area contributed by atoms with Crippen LogP contribution in [0.25, 0.3) is 11.3 Å². The molecule has 1 aromatic carbocycles. The molecule has 2 aromatic rings. The average Bonchev–Trinajstić information content (AvgIpc) is 2.47. The Morgan fingerprint density at radius 3 is 2.62 bits per heavy atom. The maximum absolute atomic E-state index is 12.3. The van der Waals surface area contributed by atoms with Gasteiger partial charge in [0.25, 0.3) is 5.56 Å². The summed E-state index contributed by atoms with van der Waals surface area (Å²) in [4.78, 5) is 23.3. The Kier molecular flexibility index (Phi) is 4.58. The van der Waals surface area contributed by atoms with Gasteiger partial charge in [-0.05, 0) is 45.0 Å². The van der Waals surface area contributed by atoms with Crippen LogP contribution in [0.15, 0.2) is 41.2 Å². The molecule has 0 N–H and O–H groups in total. The van der Waals surface area contributed by atoms with Gasteiger partial charge in [-0.1, -0.05) is 12.1 Å². The van der Waals surface area contributed by atoms with Crippen LogP contribution in [0.4, 0.5) is 0 Å². The summed E-state index contributed by atoms with van der Waals surface area (Å²) in [6.45, 7) is 6.36. The number of rotatable bonds is 5. The molecule has 0 aliphatic heterocycles. The molecule has 0 radical (unpaired) electrons. The van der Waals surface area contributed by atoms with Crippen molar-refractivity contribution in [2.24, 2.45) is 0 Å². The normalized spacial score (nSPS) is 10.7. The molecule has 0 atom stereocenters. The Balaban J connectivity index is 2.63. The fourth-order valence-electron chi connectivity index (χ4n) is 2.32. The van der Waals surface area contributed by atoms with Crippen molar-refractivity contribution in [1.82, 2.24) is 4.57 Å². The van der Waals surface area contributed by atoms with E-state index in [2.05, 4.69) is 0 Å². The zero-order valence-corrected chi connectivity index (χ0v) is 12.5. The van der Waals surface area contributed by atoms with Crippen molar-refractivity contribution >= 4 is 6.29 Å². The van der Waals surface area contributed by atoms with E-state index in [1.165, 1.54) is 0 Å². The van der Waals surface area contributed by atoms with Gasteiger partial charge in [0, 0.05) is 11.6 Å². The number of nitrogens with zero attached hydrogens (tertiary/aromatic N) is 1. The van der Waals surface area contributed by atoms with Gasteiger partial charge in [-0.3, -0.25) is 9.59 Å². The lowest BCUT2D eigenvalue weighted by Gasteiger charge is -2.17. The summed E-state index contributed by atoms with van der Waals surface area (Å²) in [5.74, 6) is 0.761. The predicted molar refractivity (Wildman–Crippen MR) is 83.1 cm³/mol. The molecular weight excluding hydrogens is 266 g/mol. The van der Waals surface area contributed by atoms with Crippen molar-refractivity contribution in [3.05, 3.63) is 52.3 Å². The number of benzene rings is 1. The van der Waals surface area contributed by atoms with Gasteiger partial charge in [0.05, 0.1) is 17.9 Å². The maximum Gasteiger partial charge on any atom is 0.261 e. The number of hydrogen-bond acceptors (Lipinski definition) is 3. The molecule has 1 heterocycles. The lowest BCUT2D eigenvalue weighted by Crippen LogP contribution is -2.26. The minimum atomic E-state index is -0.265. The van der Waals surface area contributed by atoms with Gasteiger partial charge in [0.2, 0.25) is 0 Å². The Morgan fingerprint density at radius 2 is 2.00 bits per heavy atom. The SMILES string of the molecule is CCOc1cccc(-c2ccc(C=O)c(=O)n2C(C)C)c1. The molecular formula is C17H19NO3. The third-order valence-corrected chi connectivity index (χ3v) is 3.23. The number of carbonyl (C=O) groups excluding carboxylic acids is 1. The second kappa shape index (κ2) is 6.39. The van der Waals surface area contributed by atoms with E-state index in [4.69, 9.17) is 4.74 Å². The van der Waals surface area contributed by atoms with Gasteiger partial charge >= 0.3 is 0 Å². The molecule has 0 spiro atoms. The lowest BCUT2D eigenvalue weighted by atomic mass is 10.1. The topological polar surface area (TPSA) is 48.3 Å². The van der Waals surface area contributed by atoms with Gasteiger partial charge in [0.1, 0.15) is 5.75 Å². The van der Waals surface area contributed by atoms with E-state index in [-0.39, 0.29) is 17.2 Å². The van der Waals surface area contributed by atoms with Gasteiger partial charge in [-0.25, -0.2) is 0 Å². The summed E-state index contributed by atoms with van der Waals surface area (Å²) in [5.41, 5.74) is 1.58. The van der Waals surface area contributed by atoms with Gasteiger partial charge in [-0.2, -0.15) is 0 Å². The van der Waals surface area contributed by atoms with E-state index < -0.39 is 0 Å². The number of pyridine rings is 1. The molecule has 21 heavy (non-hydrogen) atoms. The zero-order chi connectivity index (χ0) is 15.4. The third-order valence-electron chi connectivity index (χ3n) is 3.23. The molecule has 0 bridgehead atoms. The van der Waals surface area contributed by atoms with Crippen LogP contribution in [-0.4, -0.2) is 17.5 Å². The third kappa shape index (κ3) is 3.05. The first-order chi connectivity index (χ1) is 10.1. The summed E-state index contributed by atoms with van der Waals surface area (Å²) >= 11 is 0. The largest absolute Gasteiger partial charge is 0.494 e. The van der Waals surface area contributed by atoms with Crippen LogP contribution in [0, 0.1) is 0 Å². The number of carbonyl (C=O) groups is 1. The molecule has 2 rings (SSSR count). The van der Waals surface area contributed by atoms with Gasteiger partial charge < -0.3 is 9.30 Å². The van der Waals surface area contributed by atoms with E-state index >= 15 is 0 Å². The molecule has 0 aliphatic rings. The minimum Gasteiger partial charge on any atom is -0.494 e. The van der Waals surface area contributed by atoms with Crippen LogP contribution in [0.1, 0.15) is 37.2 Å². The molecule has 110 valence electrons. The van der Waals surface area contributed by atoms with E-state index in [0.29, 0.717) is 12.9 Å². The second-order valence-electron chi connectivity index (χ2n) is 5.02. The van der Waals surface area contributed by atoms with E-state index in [1.54, 1.807) is 16.7 Å². The fraction of sp³-hybridized carbons (Fsp3) is 0.294. The van der Waals surface area contributed by atoms with E-state index in [0.717, 1.165) is 17.0 Å². The highest BCUT2D eigenvalue weighted by molar-refractivity contribution is 5.75. The number of hydrogen-bond donors (Lipinski definition) is 0. The summed E-state index contributed by atoms with van der Waals surface area (Å²) in [6, 6.07) is 10.9. The van der Waals surface area contributed by atoms with Crippen LogP contribution < -0.4 is 10.3 Å². The molecule has 4 nitrogen and oxygen atoms in total. The standard InChI is InChI=1S/C17H19NO3/c1-4-21-15-7-5-6-13(10-15)16-9-8-14(11-19)17(20)18(16)12(2)3/h5-12H,4H2,1-3H3. The van der Waals surface area contributed by atoms with Crippen molar-refractivity contribution in [3.8, 4) is 17.0 Å². The summed E-state index contributed by atoms with van der Waals surface area (Å²) in [6.07, 6.45) is 0.599. The smallest absolute Gasteiger partial charge is 0.261 e. The summed E-state index contributed by atoms with van der Waals surface area (Å²) in [5, 5.41) is 0. The number of aromatic nitrogens is 1. The van der Waals surface area contributed by atoms with Crippen LogP contribution in [0.2, 0.25) is 0 Å². The Morgan fingerprint density at radius 1 is 1.24 bits per heavy atom. The summed E-state index contributed by atoms with van der Waals surface area (Å²) in [7, 11) is 0. The van der Waals surface area contributed by atoms with Crippen molar-refractivity contribution in [1.29, 1.82) is 0 Å². The maximum atomic E-state index is 12.3.